The molecule has 0 heterocycles. The Morgan fingerprint density at radius 2 is 1.95 bits per heavy atom. The molecule has 0 aliphatic heterocycles. The predicted octanol–water partition coefficient (Wildman–Crippen LogP) is 3.27. The minimum atomic E-state index is -4.69. The van der Waals surface area contributed by atoms with E-state index in [0.29, 0.717) is 25.2 Å². The van der Waals surface area contributed by atoms with Crippen molar-refractivity contribution in [3.63, 3.8) is 0 Å². The lowest BCUT2D eigenvalue weighted by Gasteiger charge is -2.20. The fraction of sp³-hybridized carbons (Fsp3) is 0.538. The zero-order chi connectivity index (χ0) is 14.3. The number of halogens is 3. The number of benzene rings is 1. The molecular formula is C13H18F3NO2. The lowest BCUT2D eigenvalue weighted by atomic mass is 10.0. The van der Waals surface area contributed by atoms with Crippen molar-refractivity contribution in [2.45, 2.75) is 25.7 Å². The molecule has 0 saturated carbocycles. The van der Waals surface area contributed by atoms with E-state index in [4.69, 9.17) is 4.74 Å². The lowest BCUT2D eigenvalue weighted by Crippen LogP contribution is -2.22. The number of alkyl halides is 3. The summed E-state index contributed by atoms with van der Waals surface area (Å²) in [5, 5.41) is 2.98. The quantitative estimate of drug-likeness (QED) is 0.776. The van der Waals surface area contributed by atoms with Gasteiger partial charge in [0.1, 0.15) is 5.75 Å². The Bertz CT molecular complexity index is 382. The van der Waals surface area contributed by atoms with Gasteiger partial charge in [-0.3, -0.25) is 0 Å². The topological polar surface area (TPSA) is 30.5 Å². The van der Waals surface area contributed by atoms with E-state index in [9.17, 15) is 13.2 Å². The third kappa shape index (κ3) is 5.48. The average Bonchev–Trinajstić information content (AvgIpc) is 2.34. The van der Waals surface area contributed by atoms with Gasteiger partial charge >= 0.3 is 6.36 Å². The molecule has 1 unspecified atom stereocenters. The van der Waals surface area contributed by atoms with Crippen LogP contribution in [0.5, 0.6) is 5.75 Å². The highest BCUT2D eigenvalue weighted by Gasteiger charge is 2.32. The van der Waals surface area contributed by atoms with Gasteiger partial charge in [0.15, 0.2) is 0 Å². The molecular weight excluding hydrogens is 259 g/mol. The first-order valence-corrected chi connectivity index (χ1v) is 6.07. The number of nitrogens with one attached hydrogen (secondary N) is 1. The first kappa shape index (κ1) is 15.8. The summed E-state index contributed by atoms with van der Waals surface area (Å²) in [6, 6.07) is 5.89. The van der Waals surface area contributed by atoms with Crippen molar-refractivity contribution in [2.75, 3.05) is 20.3 Å². The van der Waals surface area contributed by atoms with Crippen molar-refractivity contribution in [2.24, 2.45) is 0 Å². The van der Waals surface area contributed by atoms with Gasteiger partial charge in [0, 0.05) is 24.8 Å². The predicted molar refractivity (Wildman–Crippen MR) is 66.0 cm³/mol. The van der Waals surface area contributed by atoms with E-state index in [0.717, 1.165) is 0 Å². The van der Waals surface area contributed by atoms with Crippen molar-refractivity contribution in [3.8, 4) is 5.75 Å². The minimum absolute atomic E-state index is 0.175. The van der Waals surface area contributed by atoms with E-state index >= 15 is 0 Å². The summed E-state index contributed by atoms with van der Waals surface area (Å²) in [7, 11) is 1.70. The van der Waals surface area contributed by atoms with Crippen LogP contribution in [-0.2, 0) is 4.74 Å². The molecule has 1 aromatic rings. The van der Waals surface area contributed by atoms with Crippen LogP contribution in [0.4, 0.5) is 13.2 Å². The maximum absolute atomic E-state index is 12.3. The fourth-order valence-electron chi connectivity index (χ4n) is 1.79. The SMILES string of the molecule is CCOCCC(NC)c1ccccc1OC(F)(F)F. The van der Waals surface area contributed by atoms with Crippen molar-refractivity contribution >= 4 is 0 Å². The highest BCUT2D eigenvalue weighted by Crippen LogP contribution is 2.31. The van der Waals surface area contributed by atoms with Crippen LogP contribution in [-0.4, -0.2) is 26.6 Å². The van der Waals surface area contributed by atoms with Gasteiger partial charge in [-0.25, -0.2) is 0 Å². The summed E-state index contributed by atoms with van der Waals surface area (Å²) in [6.07, 6.45) is -4.11. The van der Waals surface area contributed by atoms with Crippen molar-refractivity contribution in [1.29, 1.82) is 0 Å². The van der Waals surface area contributed by atoms with Gasteiger partial charge in [0.05, 0.1) is 0 Å². The molecule has 0 aromatic heterocycles. The van der Waals surface area contributed by atoms with Crippen molar-refractivity contribution in [3.05, 3.63) is 29.8 Å². The zero-order valence-electron chi connectivity index (χ0n) is 11.0. The maximum Gasteiger partial charge on any atom is 0.573 e. The molecule has 1 atom stereocenters. The molecule has 1 N–H and O–H groups in total. The van der Waals surface area contributed by atoms with Gasteiger partial charge in [-0.15, -0.1) is 13.2 Å². The molecule has 3 nitrogen and oxygen atoms in total. The summed E-state index contributed by atoms with van der Waals surface area (Å²) < 4.78 is 46.3. The van der Waals surface area contributed by atoms with Gasteiger partial charge in [-0.2, -0.15) is 0 Å². The smallest absolute Gasteiger partial charge is 0.405 e. The van der Waals surface area contributed by atoms with Crippen LogP contribution in [0.2, 0.25) is 0 Å². The Morgan fingerprint density at radius 1 is 1.26 bits per heavy atom. The van der Waals surface area contributed by atoms with Gasteiger partial charge < -0.3 is 14.8 Å². The Kier molecular flexibility index (Phi) is 6.11. The van der Waals surface area contributed by atoms with E-state index in [-0.39, 0.29) is 11.8 Å². The second kappa shape index (κ2) is 7.35. The number of para-hydroxylation sites is 1. The second-order valence-electron chi connectivity index (χ2n) is 3.91. The number of hydrogen-bond donors (Lipinski definition) is 1. The minimum Gasteiger partial charge on any atom is -0.405 e. The molecule has 0 bridgehead atoms. The van der Waals surface area contributed by atoms with Gasteiger partial charge in [-0.05, 0) is 26.5 Å². The molecule has 0 fully saturated rings. The third-order valence-electron chi connectivity index (χ3n) is 2.62. The third-order valence-corrected chi connectivity index (χ3v) is 2.62. The summed E-state index contributed by atoms with van der Waals surface area (Å²) in [6.45, 7) is 2.93. The molecule has 0 amide bonds. The van der Waals surface area contributed by atoms with Gasteiger partial charge in [-0.1, -0.05) is 18.2 Å². The Morgan fingerprint density at radius 3 is 2.53 bits per heavy atom. The van der Waals surface area contributed by atoms with Crippen LogP contribution >= 0.6 is 0 Å². The fourth-order valence-corrected chi connectivity index (χ4v) is 1.79. The normalized spacial score (nSPS) is 13.3. The van der Waals surface area contributed by atoms with E-state index in [1.807, 2.05) is 6.92 Å². The molecule has 0 spiro atoms. The Hall–Kier alpha value is -1.27. The number of ether oxygens (including phenoxy) is 2. The summed E-state index contributed by atoms with van der Waals surface area (Å²) in [4.78, 5) is 0. The largest absolute Gasteiger partial charge is 0.573 e. The molecule has 108 valence electrons. The van der Waals surface area contributed by atoms with Crippen LogP contribution in [0.25, 0.3) is 0 Å². The van der Waals surface area contributed by atoms with Crippen molar-refractivity contribution in [1.82, 2.24) is 5.32 Å². The van der Waals surface area contributed by atoms with Crippen LogP contribution in [0, 0.1) is 0 Å². The molecule has 1 aromatic carbocycles. The van der Waals surface area contributed by atoms with E-state index in [1.165, 1.54) is 12.1 Å². The molecule has 1 rings (SSSR count). The van der Waals surface area contributed by atoms with Crippen molar-refractivity contribution < 1.29 is 22.6 Å². The van der Waals surface area contributed by atoms with E-state index in [1.54, 1.807) is 19.2 Å². The lowest BCUT2D eigenvalue weighted by molar-refractivity contribution is -0.275. The molecule has 0 aliphatic rings. The van der Waals surface area contributed by atoms with Gasteiger partial charge in [0.2, 0.25) is 0 Å². The van der Waals surface area contributed by atoms with Crippen LogP contribution in [0.1, 0.15) is 24.9 Å². The van der Waals surface area contributed by atoms with E-state index in [2.05, 4.69) is 10.1 Å². The molecule has 0 radical (unpaired) electrons. The number of hydrogen-bond acceptors (Lipinski definition) is 3. The van der Waals surface area contributed by atoms with E-state index < -0.39 is 6.36 Å². The first-order valence-electron chi connectivity index (χ1n) is 6.07. The number of rotatable bonds is 7. The summed E-state index contributed by atoms with van der Waals surface area (Å²) >= 11 is 0. The Labute approximate surface area is 110 Å². The van der Waals surface area contributed by atoms with Crippen LogP contribution < -0.4 is 10.1 Å². The molecule has 6 heteroatoms. The summed E-state index contributed by atoms with van der Waals surface area (Å²) in [5.41, 5.74) is 0.474. The maximum atomic E-state index is 12.3. The van der Waals surface area contributed by atoms with Gasteiger partial charge in [0.25, 0.3) is 0 Å². The molecule has 19 heavy (non-hydrogen) atoms. The zero-order valence-corrected chi connectivity index (χ0v) is 11.0. The highest BCUT2D eigenvalue weighted by atomic mass is 19.4. The molecule has 0 saturated heterocycles. The standard InChI is InChI=1S/C13H18F3NO2/c1-3-18-9-8-11(17-2)10-6-4-5-7-12(10)19-13(14,15)16/h4-7,11,17H,3,8-9H2,1-2H3. The monoisotopic (exact) mass is 277 g/mol. The molecule has 0 aliphatic carbocycles. The highest BCUT2D eigenvalue weighted by molar-refractivity contribution is 5.36. The second-order valence-corrected chi connectivity index (χ2v) is 3.91. The summed E-state index contributed by atoms with van der Waals surface area (Å²) in [5.74, 6) is -0.175. The average molecular weight is 277 g/mol. The van der Waals surface area contributed by atoms with Crippen LogP contribution in [0.15, 0.2) is 24.3 Å². The Balaban J connectivity index is 2.84. The first-order chi connectivity index (χ1) is 8.98. The van der Waals surface area contributed by atoms with Crippen LogP contribution in [0.3, 0.4) is 0 Å².